The number of piperazine rings is 1. The van der Waals surface area contributed by atoms with Gasteiger partial charge >= 0.3 is 6.09 Å². The first-order valence-electron chi connectivity index (χ1n) is 13.6. The molecule has 1 heterocycles. The van der Waals surface area contributed by atoms with Crippen LogP contribution >= 0.6 is 0 Å². The van der Waals surface area contributed by atoms with Crippen molar-refractivity contribution < 1.29 is 14.3 Å². The van der Waals surface area contributed by atoms with Crippen molar-refractivity contribution in [2.24, 2.45) is 0 Å². The van der Waals surface area contributed by atoms with Crippen LogP contribution in [-0.2, 0) is 9.53 Å². The Bertz CT molecular complexity index is 1090. The molecule has 0 N–H and O–H groups in total. The van der Waals surface area contributed by atoms with Crippen LogP contribution in [0.3, 0.4) is 0 Å². The Hall–Kier alpha value is -2.44. The summed E-state index contributed by atoms with van der Waals surface area (Å²) in [4.78, 5) is 32.5. The summed E-state index contributed by atoms with van der Waals surface area (Å²) in [6.07, 6.45) is 1.47. The number of carbonyl (C=O) groups excluding carboxylic acids is 2. The summed E-state index contributed by atoms with van der Waals surface area (Å²) in [6.45, 7) is 18.5. The minimum atomic E-state index is -2.91. The fraction of sp³-hybridized carbons (Fsp3) is 0.548. The summed E-state index contributed by atoms with van der Waals surface area (Å²) in [5.74, 6) is 0. The van der Waals surface area contributed by atoms with E-state index in [1.165, 1.54) is 10.4 Å². The van der Waals surface area contributed by atoms with Crippen molar-refractivity contribution in [3.05, 3.63) is 60.7 Å². The Morgan fingerprint density at radius 1 is 0.811 bits per heavy atom. The fourth-order valence-corrected chi connectivity index (χ4v) is 12.1. The Kier molecular flexibility index (Phi) is 7.00. The molecular weight excluding hydrogens is 476 g/mol. The highest BCUT2D eigenvalue weighted by Crippen LogP contribution is 2.50. The van der Waals surface area contributed by atoms with Crippen LogP contribution in [0.15, 0.2) is 60.7 Å². The fourth-order valence-electron chi connectivity index (χ4n) is 6.34. The lowest BCUT2D eigenvalue weighted by molar-refractivity contribution is -0.121. The van der Waals surface area contributed by atoms with E-state index in [2.05, 4.69) is 88.0 Å². The largest absolute Gasteiger partial charge is 0.444 e. The minimum Gasteiger partial charge on any atom is -0.444 e. The van der Waals surface area contributed by atoms with Crippen LogP contribution in [-0.4, -0.2) is 65.7 Å². The van der Waals surface area contributed by atoms with Gasteiger partial charge in [0.1, 0.15) is 11.0 Å². The predicted octanol–water partition coefficient (Wildman–Crippen LogP) is 5.02. The van der Waals surface area contributed by atoms with E-state index in [1.54, 1.807) is 0 Å². The molecule has 1 aliphatic carbocycles. The lowest BCUT2D eigenvalue weighted by Gasteiger charge is -2.51. The number of hydrogen-bond donors (Lipinski definition) is 0. The molecule has 0 bridgehead atoms. The first-order chi connectivity index (χ1) is 17.2. The first-order valence-corrected chi connectivity index (χ1v) is 15.6. The van der Waals surface area contributed by atoms with Crippen molar-refractivity contribution >= 4 is 29.9 Å². The topological polar surface area (TPSA) is 49.9 Å². The van der Waals surface area contributed by atoms with Gasteiger partial charge in [-0.2, -0.15) is 0 Å². The second-order valence-corrected chi connectivity index (χ2v) is 18.1. The Balaban J connectivity index is 1.74. The minimum absolute atomic E-state index is 0.226. The summed E-state index contributed by atoms with van der Waals surface area (Å²) in [5.41, 5.74) is -1.47. The lowest BCUT2D eigenvalue weighted by Crippen LogP contribution is -2.75. The Morgan fingerprint density at radius 3 is 1.68 bits per heavy atom. The van der Waals surface area contributed by atoms with Gasteiger partial charge in [0.25, 0.3) is 0 Å². The monoisotopic (exact) mass is 520 g/mol. The van der Waals surface area contributed by atoms with Gasteiger partial charge < -0.3 is 14.4 Å². The maximum absolute atomic E-state index is 15.2. The summed E-state index contributed by atoms with van der Waals surface area (Å²) in [7, 11) is -2.91. The molecule has 2 aromatic carbocycles. The molecule has 1 saturated heterocycles. The molecule has 2 fully saturated rings. The van der Waals surface area contributed by atoms with Crippen molar-refractivity contribution in [3.63, 3.8) is 0 Å². The maximum atomic E-state index is 15.2. The number of ether oxygens (including phenoxy) is 1. The van der Waals surface area contributed by atoms with Crippen LogP contribution in [0.2, 0.25) is 5.04 Å². The van der Waals surface area contributed by atoms with E-state index in [1.807, 2.05) is 37.8 Å². The van der Waals surface area contributed by atoms with Crippen LogP contribution < -0.4 is 10.4 Å². The van der Waals surface area contributed by atoms with Crippen LogP contribution in [0.25, 0.3) is 0 Å². The average Bonchev–Trinajstić information content (AvgIpc) is 3.60. The van der Waals surface area contributed by atoms with E-state index in [-0.39, 0.29) is 11.1 Å². The van der Waals surface area contributed by atoms with Gasteiger partial charge in [-0.3, -0.25) is 4.90 Å². The van der Waals surface area contributed by atoms with Gasteiger partial charge in [-0.1, -0.05) is 81.4 Å². The van der Waals surface area contributed by atoms with Crippen LogP contribution in [0.1, 0.15) is 68.2 Å². The van der Waals surface area contributed by atoms with E-state index in [4.69, 9.17) is 4.74 Å². The first kappa shape index (κ1) is 27.6. The molecule has 0 aromatic heterocycles. The van der Waals surface area contributed by atoms with Gasteiger partial charge in [-0.05, 0) is 62.9 Å². The molecule has 2 aromatic rings. The normalized spacial score (nSPS) is 19.8. The molecule has 0 spiro atoms. The highest BCUT2D eigenvalue weighted by molar-refractivity contribution is 7.24. The van der Waals surface area contributed by atoms with E-state index in [9.17, 15) is 4.79 Å². The van der Waals surface area contributed by atoms with E-state index < -0.39 is 24.8 Å². The van der Waals surface area contributed by atoms with E-state index in [0.717, 1.165) is 12.8 Å². The second-order valence-electron chi connectivity index (χ2n) is 13.5. The van der Waals surface area contributed by atoms with Crippen LogP contribution in [0, 0.1) is 0 Å². The number of benzene rings is 2. The quantitative estimate of drug-likeness (QED) is 0.520. The highest BCUT2D eigenvalue weighted by atomic mass is 28.3. The summed E-state index contributed by atoms with van der Waals surface area (Å²) in [5, 5.41) is 2.54. The molecule has 4 rings (SSSR count). The predicted molar refractivity (Wildman–Crippen MR) is 153 cm³/mol. The van der Waals surface area contributed by atoms with Crippen LogP contribution in [0.5, 0.6) is 0 Å². The number of nitrogens with zero attached hydrogens (tertiary/aromatic N) is 2. The highest BCUT2D eigenvalue weighted by Gasteiger charge is 2.66. The Morgan fingerprint density at radius 2 is 1.30 bits per heavy atom. The second kappa shape index (κ2) is 9.39. The number of hydrogen-bond acceptors (Lipinski definition) is 4. The smallest absolute Gasteiger partial charge is 0.410 e. The SMILES string of the molecule is CC(C)(C)OC(=O)N1CCN(C2(C(=O)[Si](c3ccccc3)(c3ccccc3)C(C)(C)C)CC2)CC1(C)C. The van der Waals surface area contributed by atoms with Gasteiger partial charge in [0, 0.05) is 19.6 Å². The van der Waals surface area contributed by atoms with Crippen LogP contribution in [0.4, 0.5) is 4.79 Å². The average molecular weight is 521 g/mol. The molecule has 5 nitrogen and oxygen atoms in total. The van der Waals surface area contributed by atoms with Crippen molar-refractivity contribution in [2.45, 2.75) is 89.9 Å². The van der Waals surface area contributed by atoms with Gasteiger partial charge in [0.2, 0.25) is 8.07 Å². The van der Waals surface area contributed by atoms with E-state index >= 15 is 4.79 Å². The van der Waals surface area contributed by atoms with Gasteiger partial charge in [-0.15, -0.1) is 0 Å². The molecule has 0 atom stereocenters. The Labute approximate surface area is 224 Å². The van der Waals surface area contributed by atoms with Crippen molar-refractivity contribution in [1.29, 1.82) is 0 Å². The number of amides is 1. The zero-order valence-corrected chi connectivity index (χ0v) is 24.9. The molecular formula is C31H44N2O3Si. The molecule has 2 aliphatic rings. The standard InChI is InChI=1S/C31H44N2O3Si/c1-28(2,3)36-27(35)33-22-21-32(23-30(33,7)8)31(19-20-31)26(34)37(29(4,5)6,24-15-11-9-12-16-24)25-17-13-10-14-18-25/h9-18H,19-23H2,1-8H3. The molecule has 1 amide bonds. The molecule has 0 unspecified atom stereocenters. The summed E-state index contributed by atoms with van der Waals surface area (Å²) < 4.78 is 5.72. The molecule has 37 heavy (non-hydrogen) atoms. The third kappa shape index (κ3) is 4.90. The molecule has 0 radical (unpaired) electrons. The summed E-state index contributed by atoms with van der Waals surface area (Å²) >= 11 is 0. The summed E-state index contributed by atoms with van der Waals surface area (Å²) in [6, 6.07) is 21.0. The number of rotatable bonds is 5. The number of carbonyl (C=O) groups is 2. The molecule has 1 aliphatic heterocycles. The van der Waals surface area contributed by atoms with Crippen molar-refractivity contribution in [3.8, 4) is 0 Å². The third-order valence-corrected chi connectivity index (χ3v) is 13.9. The third-order valence-electron chi connectivity index (χ3n) is 8.15. The molecule has 6 heteroatoms. The van der Waals surface area contributed by atoms with E-state index in [0.29, 0.717) is 25.0 Å². The lowest BCUT2D eigenvalue weighted by atomic mass is 9.97. The van der Waals surface area contributed by atoms with Gasteiger partial charge in [0.15, 0.2) is 0 Å². The van der Waals surface area contributed by atoms with Crippen molar-refractivity contribution in [1.82, 2.24) is 9.80 Å². The maximum Gasteiger partial charge on any atom is 0.410 e. The molecule has 1 saturated carbocycles. The zero-order chi connectivity index (χ0) is 27.3. The van der Waals surface area contributed by atoms with Gasteiger partial charge in [0.05, 0.1) is 11.1 Å². The molecule has 200 valence electrons. The van der Waals surface area contributed by atoms with Crippen molar-refractivity contribution in [2.75, 3.05) is 19.6 Å². The van der Waals surface area contributed by atoms with Gasteiger partial charge in [-0.25, -0.2) is 4.79 Å². The zero-order valence-electron chi connectivity index (χ0n) is 23.9.